The second-order valence-electron chi connectivity index (χ2n) is 3.74. The molecule has 0 aliphatic carbocycles. The van der Waals surface area contributed by atoms with Crippen LogP contribution in [-0.2, 0) is 9.59 Å². The fourth-order valence-corrected chi connectivity index (χ4v) is 2.90. The Balaban J connectivity index is 1.86. The molecule has 0 spiro atoms. The monoisotopic (exact) mass is 265 g/mol. The van der Waals surface area contributed by atoms with Crippen LogP contribution in [-0.4, -0.2) is 37.4 Å². The van der Waals surface area contributed by atoms with E-state index in [0.29, 0.717) is 17.3 Å². The number of amides is 1. The molecule has 1 amide bonds. The van der Waals surface area contributed by atoms with Gasteiger partial charge in [0.2, 0.25) is 5.89 Å². The van der Waals surface area contributed by atoms with Crippen molar-refractivity contribution in [2.75, 3.05) is 0 Å². The molecule has 8 heteroatoms. The number of aliphatic carboxylic acids is 1. The van der Waals surface area contributed by atoms with Gasteiger partial charge in [0.05, 0.1) is 5.57 Å². The molecule has 0 saturated carbocycles. The molecule has 2 aliphatic rings. The third kappa shape index (κ3) is 1.46. The largest absolute Gasteiger partial charge is 0.477 e. The molecule has 3 rings (SSSR count). The number of nitrogens with zero attached hydrogens (tertiary/aromatic N) is 3. The maximum atomic E-state index is 11.8. The minimum absolute atomic E-state index is 0.0106. The highest BCUT2D eigenvalue weighted by Gasteiger charge is 2.49. The number of aryl methyl sites for hydroxylation is 1. The number of carboxylic acid groups (broad SMARTS) is 1. The summed E-state index contributed by atoms with van der Waals surface area (Å²) < 4.78 is 4.80. The Morgan fingerprint density at radius 3 is 3.06 bits per heavy atom. The van der Waals surface area contributed by atoms with E-state index in [0.717, 1.165) is 0 Å². The van der Waals surface area contributed by atoms with Gasteiger partial charge in [-0.25, -0.2) is 4.79 Å². The number of thioether (sulfide) groups is 1. The Labute approximate surface area is 105 Å². The van der Waals surface area contributed by atoms with Crippen molar-refractivity contribution < 1.29 is 19.2 Å². The topological polar surface area (TPSA) is 96.5 Å². The first-order chi connectivity index (χ1) is 8.58. The lowest BCUT2D eigenvalue weighted by Crippen LogP contribution is -2.51. The van der Waals surface area contributed by atoms with Crippen molar-refractivity contribution >= 4 is 29.7 Å². The molecule has 2 aliphatic heterocycles. The summed E-state index contributed by atoms with van der Waals surface area (Å²) in [6.07, 6.45) is 1.52. The van der Waals surface area contributed by atoms with E-state index in [-0.39, 0.29) is 17.0 Å². The maximum absolute atomic E-state index is 11.8. The molecule has 0 bridgehead atoms. The van der Waals surface area contributed by atoms with Crippen LogP contribution in [0.25, 0.3) is 6.08 Å². The predicted molar refractivity (Wildman–Crippen MR) is 61.0 cm³/mol. The zero-order valence-electron chi connectivity index (χ0n) is 9.15. The van der Waals surface area contributed by atoms with Crippen LogP contribution in [0.15, 0.2) is 21.2 Å². The molecule has 0 aromatic carbocycles. The number of hydrogen-bond acceptors (Lipinski definition) is 6. The molecule has 0 radical (unpaired) electrons. The number of aromatic nitrogens is 2. The first-order valence-electron chi connectivity index (χ1n) is 5.02. The number of hydrogen-bond donors (Lipinski definition) is 1. The van der Waals surface area contributed by atoms with Gasteiger partial charge >= 0.3 is 5.97 Å². The Hall–Kier alpha value is -2.09. The molecule has 0 unspecified atom stereocenters. The number of β-lactam (4-membered cyclic amide) rings is 1. The second kappa shape index (κ2) is 3.70. The molecule has 18 heavy (non-hydrogen) atoms. The molecule has 1 fully saturated rings. The van der Waals surface area contributed by atoms with Gasteiger partial charge in [-0.2, -0.15) is 4.98 Å². The molecule has 92 valence electrons. The summed E-state index contributed by atoms with van der Waals surface area (Å²) in [7, 11) is 0. The van der Waals surface area contributed by atoms with Crippen LogP contribution >= 0.6 is 11.8 Å². The summed E-state index contributed by atoms with van der Waals surface area (Å²) >= 11 is 1.27. The number of carbonyl (C=O) groups excluding carboxylic acids is 1. The highest BCUT2D eigenvalue weighted by molar-refractivity contribution is 8.03. The Bertz CT molecular complexity index is 618. The quantitative estimate of drug-likeness (QED) is 0.617. The first-order valence-corrected chi connectivity index (χ1v) is 5.96. The Morgan fingerprint density at radius 2 is 2.44 bits per heavy atom. The van der Waals surface area contributed by atoms with Crippen molar-refractivity contribution in [3.63, 3.8) is 0 Å². The van der Waals surface area contributed by atoms with E-state index in [2.05, 4.69) is 10.1 Å². The van der Waals surface area contributed by atoms with Crippen LogP contribution in [0.2, 0.25) is 0 Å². The zero-order chi connectivity index (χ0) is 12.9. The lowest BCUT2D eigenvalue weighted by molar-refractivity contribution is -0.141. The maximum Gasteiger partial charge on any atom is 0.353 e. The second-order valence-corrected chi connectivity index (χ2v) is 4.70. The van der Waals surface area contributed by atoms with E-state index in [1.54, 1.807) is 6.92 Å². The molecule has 1 saturated heterocycles. The van der Waals surface area contributed by atoms with Crippen LogP contribution in [0.3, 0.4) is 0 Å². The van der Waals surface area contributed by atoms with Crippen molar-refractivity contribution in [1.82, 2.24) is 15.0 Å². The van der Waals surface area contributed by atoms with Crippen molar-refractivity contribution in [3.8, 4) is 0 Å². The zero-order valence-corrected chi connectivity index (χ0v) is 9.97. The summed E-state index contributed by atoms with van der Waals surface area (Å²) in [5.74, 6) is -0.706. The van der Waals surface area contributed by atoms with Gasteiger partial charge in [0.15, 0.2) is 5.82 Å². The van der Waals surface area contributed by atoms with Gasteiger partial charge in [0.1, 0.15) is 11.1 Å². The van der Waals surface area contributed by atoms with Gasteiger partial charge in [-0.05, 0) is 6.08 Å². The van der Waals surface area contributed by atoms with Crippen LogP contribution in [0, 0.1) is 6.92 Å². The van der Waals surface area contributed by atoms with Crippen LogP contribution in [0.1, 0.15) is 11.7 Å². The van der Waals surface area contributed by atoms with Crippen molar-refractivity contribution in [2.24, 2.45) is 0 Å². The number of carboxylic acids is 1. The van der Waals surface area contributed by atoms with Gasteiger partial charge in [-0.3, -0.25) is 9.69 Å². The summed E-state index contributed by atoms with van der Waals surface area (Å²) in [5, 5.41) is 13.7. The average molecular weight is 265 g/mol. The molecule has 1 aromatic rings. The van der Waals surface area contributed by atoms with E-state index < -0.39 is 5.97 Å². The Kier molecular flexibility index (Phi) is 2.27. The van der Waals surface area contributed by atoms with Crippen molar-refractivity contribution in [3.05, 3.63) is 28.4 Å². The van der Waals surface area contributed by atoms with Crippen molar-refractivity contribution in [2.45, 2.75) is 12.3 Å². The lowest BCUT2D eigenvalue weighted by atomic mass is 10.0. The number of carbonyl (C=O) groups is 2. The van der Waals surface area contributed by atoms with Gasteiger partial charge < -0.3 is 9.63 Å². The van der Waals surface area contributed by atoms with Crippen LogP contribution in [0.4, 0.5) is 0 Å². The molecule has 7 nitrogen and oxygen atoms in total. The predicted octanol–water partition coefficient (Wildman–Crippen LogP) is 0.603. The first kappa shape index (κ1) is 11.0. The van der Waals surface area contributed by atoms with Crippen molar-refractivity contribution in [1.29, 1.82) is 0 Å². The van der Waals surface area contributed by atoms with Crippen LogP contribution in [0.5, 0.6) is 0 Å². The molecular formula is C10H7N3O4S. The van der Waals surface area contributed by atoms with E-state index in [1.165, 1.54) is 28.1 Å². The molecule has 1 atom stereocenters. The van der Waals surface area contributed by atoms with Gasteiger partial charge in [0.25, 0.3) is 5.91 Å². The fourth-order valence-electron chi connectivity index (χ4n) is 1.78. The average Bonchev–Trinajstić information content (AvgIpc) is 2.89. The minimum Gasteiger partial charge on any atom is -0.477 e. The third-order valence-electron chi connectivity index (χ3n) is 2.58. The van der Waals surface area contributed by atoms with E-state index in [1.807, 2.05) is 0 Å². The van der Waals surface area contributed by atoms with E-state index in [4.69, 9.17) is 9.63 Å². The highest BCUT2D eigenvalue weighted by Crippen LogP contribution is 2.44. The Morgan fingerprint density at radius 1 is 1.67 bits per heavy atom. The van der Waals surface area contributed by atoms with E-state index in [9.17, 15) is 9.59 Å². The molecule has 3 heterocycles. The highest BCUT2D eigenvalue weighted by atomic mass is 32.2. The summed E-state index contributed by atoms with van der Waals surface area (Å²) in [6.45, 7) is 1.65. The van der Waals surface area contributed by atoms with Gasteiger partial charge in [-0.1, -0.05) is 5.16 Å². The third-order valence-corrected chi connectivity index (χ3v) is 3.66. The SMILES string of the molecule is Cc1nc(C=C2C(=O)N3C(C(=O)O)=CS[C@@H]23)no1. The lowest BCUT2D eigenvalue weighted by Gasteiger charge is -2.36. The normalized spacial score (nSPS) is 23.9. The summed E-state index contributed by atoms with van der Waals surface area (Å²) in [6, 6.07) is 0. The molecular weight excluding hydrogens is 258 g/mol. The summed E-state index contributed by atoms with van der Waals surface area (Å²) in [4.78, 5) is 27.9. The standard InChI is InChI=1S/C10H7N3O4S/c1-4-11-7(12-17-4)2-5-8(14)13-6(10(15)16)3-18-9(5)13/h2-3,9H,1H3,(H,15,16)/t9-/m0/s1. The van der Waals surface area contributed by atoms with Crippen LogP contribution < -0.4 is 0 Å². The van der Waals surface area contributed by atoms with E-state index >= 15 is 0 Å². The minimum atomic E-state index is -1.10. The smallest absolute Gasteiger partial charge is 0.353 e. The fraction of sp³-hybridized carbons (Fsp3) is 0.200. The van der Waals surface area contributed by atoms with Gasteiger partial charge in [-0.15, -0.1) is 11.8 Å². The number of fused-ring (bicyclic) bond motifs is 1. The molecule has 1 N–H and O–H groups in total. The van der Waals surface area contributed by atoms with Gasteiger partial charge in [0, 0.05) is 12.3 Å². The number of rotatable bonds is 2. The summed E-state index contributed by atoms with van der Waals surface area (Å²) in [5.41, 5.74) is 0.491. The molecule has 1 aromatic heterocycles.